The van der Waals surface area contributed by atoms with Crippen LogP contribution in [0.1, 0.15) is 18.2 Å². The number of rotatable bonds is 5. The molecule has 0 spiro atoms. The van der Waals surface area contributed by atoms with Gasteiger partial charge in [-0.1, -0.05) is 6.07 Å². The van der Waals surface area contributed by atoms with Crippen LogP contribution in [0.5, 0.6) is 5.75 Å². The van der Waals surface area contributed by atoms with Crippen LogP contribution in [0.15, 0.2) is 52.1 Å². The van der Waals surface area contributed by atoms with E-state index >= 15 is 0 Å². The standard InChI is InChI=1S/C23H18F3N3O5S/c1-11-4-6-14(34-12(2)21(31)32)9-15(11)20-16-8-13(5-7-17(16)35-27-20)29-19(30)10-18(23(24,25)26)28(3)22(29)33/h4-10,12H,1-3H3,(H,31,32)/p-1. The smallest absolute Gasteiger partial charge is 0.431 e. The molecule has 0 saturated carbocycles. The minimum atomic E-state index is -4.86. The molecule has 35 heavy (non-hydrogen) atoms. The Kier molecular flexibility index (Phi) is 6.01. The number of aromatic nitrogens is 3. The van der Waals surface area contributed by atoms with E-state index in [4.69, 9.17) is 4.74 Å². The SMILES string of the molecule is Cc1ccc(OC(C)C(=O)[O-])cc1-c1nsc2ccc(-n3c(=O)cc(C(F)(F)F)n(C)c3=O)cc12. The third-order valence-electron chi connectivity index (χ3n) is 5.43. The average Bonchev–Trinajstić information content (AvgIpc) is 3.20. The first-order valence-electron chi connectivity index (χ1n) is 10.2. The predicted octanol–water partition coefficient (Wildman–Crippen LogP) is 2.66. The number of halogens is 3. The van der Waals surface area contributed by atoms with Gasteiger partial charge in [-0.25, -0.2) is 9.36 Å². The van der Waals surface area contributed by atoms with Crippen LogP contribution in [0.3, 0.4) is 0 Å². The van der Waals surface area contributed by atoms with Crippen molar-refractivity contribution in [3.05, 3.63) is 74.6 Å². The first-order valence-corrected chi connectivity index (χ1v) is 10.9. The predicted molar refractivity (Wildman–Crippen MR) is 121 cm³/mol. The van der Waals surface area contributed by atoms with Gasteiger partial charge in [0.2, 0.25) is 0 Å². The molecule has 12 heteroatoms. The van der Waals surface area contributed by atoms with Crippen molar-refractivity contribution in [1.29, 1.82) is 0 Å². The number of aryl methyl sites for hydroxylation is 1. The first kappa shape index (κ1) is 24.2. The van der Waals surface area contributed by atoms with Crippen LogP contribution in [-0.4, -0.2) is 25.6 Å². The number of carboxylic acids is 1. The molecule has 4 aromatic rings. The van der Waals surface area contributed by atoms with E-state index in [0.717, 1.165) is 24.1 Å². The summed E-state index contributed by atoms with van der Waals surface area (Å²) in [4.78, 5) is 36.2. The molecule has 0 fully saturated rings. The molecule has 4 rings (SSSR count). The van der Waals surface area contributed by atoms with Crippen LogP contribution in [0, 0.1) is 6.92 Å². The van der Waals surface area contributed by atoms with E-state index in [0.29, 0.717) is 36.5 Å². The maximum absolute atomic E-state index is 13.2. The summed E-state index contributed by atoms with van der Waals surface area (Å²) >= 11 is 1.15. The van der Waals surface area contributed by atoms with Gasteiger partial charge < -0.3 is 14.6 Å². The lowest BCUT2D eigenvalue weighted by molar-refractivity contribution is -0.312. The Labute approximate surface area is 199 Å². The normalized spacial score (nSPS) is 12.6. The van der Waals surface area contributed by atoms with Crippen LogP contribution >= 0.6 is 11.5 Å². The number of alkyl halides is 3. The molecule has 182 valence electrons. The summed E-state index contributed by atoms with van der Waals surface area (Å²) in [6.45, 7) is 3.15. The zero-order chi connectivity index (χ0) is 25.7. The van der Waals surface area contributed by atoms with Gasteiger partial charge in [-0.15, -0.1) is 0 Å². The lowest BCUT2D eigenvalue weighted by Gasteiger charge is -2.16. The van der Waals surface area contributed by atoms with Crippen LogP contribution in [0.2, 0.25) is 0 Å². The van der Waals surface area contributed by atoms with Crippen molar-refractivity contribution in [2.45, 2.75) is 26.1 Å². The number of aliphatic carboxylic acids is 1. The third-order valence-corrected chi connectivity index (χ3v) is 6.26. The summed E-state index contributed by atoms with van der Waals surface area (Å²) in [6.07, 6.45) is -6.05. The molecule has 0 bridgehead atoms. The van der Waals surface area contributed by atoms with Crippen molar-refractivity contribution in [1.82, 2.24) is 13.5 Å². The Morgan fingerprint density at radius 3 is 2.51 bits per heavy atom. The molecule has 1 unspecified atom stereocenters. The fourth-order valence-corrected chi connectivity index (χ4v) is 4.35. The third kappa shape index (κ3) is 4.44. The number of carbonyl (C=O) groups excluding carboxylic acids is 1. The second-order valence-electron chi connectivity index (χ2n) is 7.81. The summed E-state index contributed by atoms with van der Waals surface area (Å²) in [5.41, 5.74) is -1.64. The Hall–Kier alpha value is -3.93. The van der Waals surface area contributed by atoms with Crippen molar-refractivity contribution in [3.63, 3.8) is 0 Å². The van der Waals surface area contributed by atoms with Crippen molar-refractivity contribution in [3.8, 4) is 22.7 Å². The minimum absolute atomic E-state index is 0.0777. The van der Waals surface area contributed by atoms with Gasteiger partial charge in [0.15, 0.2) is 0 Å². The molecule has 2 aromatic carbocycles. The lowest BCUT2D eigenvalue weighted by Crippen LogP contribution is -2.40. The fraction of sp³-hybridized carbons (Fsp3) is 0.217. The van der Waals surface area contributed by atoms with Gasteiger partial charge in [0.1, 0.15) is 17.5 Å². The molecule has 2 aromatic heterocycles. The van der Waals surface area contributed by atoms with Gasteiger partial charge in [-0.3, -0.25) is 9.36 Å². The zero-order valence-electron chi connectivity index (χ0n) is 18.5. The minimum Gasteiger partial charge on any atom is -0.546 e. The number of ether oxygens (including phenoxy) is 1. The van der Waals surface area contributed by atoms with Crippen LogP contribution in [-0.2, 0) is 18.0 Å². The Bertz CT molecular complexity index is 1590. The van der Waals surface area contributed by atoms with E-state index in [9.17, 15) is 32.7 Å². The van der Waals surface area contributed by atoms with Gasteiger partial charge in [-0.2, -0.15) is 17.5 Å². The van der Waals surface area contributed by atoms with Gasteiger partial charge in [0.25, 0.3) is 5.56 Å². The average molecular weight is 504 g/mol. The molecule has 0 N–H and O–H groups in total. The Morgan fingerprint density at radius 2 is 1.86 bits per heavy atom. The van der Waals surface area contributed by atoms with E-state index in [2.05, 4.69) is 4.37 Å². The topological polar surface area (TPSA) is 106 Å². The lowest BCUT2D eigenvalue weighted by atomic mass is 10.0. The van der Waals surface area contributed by atoms with Gasteiger partial charge >= 0.3 is 11.9 Å². The molecule has 2 heterocycles. The molecular weight excluding hydrogens is 487 g/mol. The maximum Gasteiger partial charge on any atom is 0.431 e. The highest BCUT2D eigenvalue weighted by Gasteiger charge is 2.35. The Balaban J connectivity index is 1.87. The van der Waals surface area contributed by atoms with E-state index in [-0.39, 0.29) is 11.4 Å². The second kappa shape index (κ2) is 8.69. The van der Waals surface area contributed by atoms with E-state index in [1.807, 2.05) is 6.92 Å². The van der Waals surface area contributed by atoms with Crippen LogP contribution in [0.25, 0.3) is 27.0 Å². The highest BCUT2D eigenvalue weighted by atomic mass is 32.1. The largest absolute Gasteiger partial charge is 0.546 e. The van der Waals surface area contributed by atoms with Crippen LogP contribution < -0.4 is 21.1 Å². The number of carboxylic acid groups (broad SMARTS) is 1. The van der Waals surface area contributed by atoms with Crippen molar-refractivity contribution in [2.75, 3.05) is 0 Å². The highest BCUT2D eigenvalue weighted by Crippen LogP contribution is 2.35. The second-order valence-corrected chi connectivity index (χ2v) is 8.62. The number of nitrogens with zero attached hydrogens (tertiary/aromatic N) is 3. The summed E-state index contributed by atoms with van der Waals surface area (Å²) in [5, 5.41) is 11.6. The maximum atomic E-state index is 13.2. The highest BCUT2D eigenvalue weighted by molar-refractivity contribution is 7.13. The molecule has 0 aliphatic carbocycles. The molecule has 1 atom stereocenters. The number of benzene rings is 2. The summed E-state index contributed by atoms with van der Waals surface area (Å²) < 4.78 is 51.1. The summed E-state index contributed by atoms with van der Waals surface area (Å²) in [7, 11) is 0.944. The van der Waals surface area contributed by atoms with Crippen molar-refractivity contribution < 1.29 is 27.8 Å². The van der Waals surface area contributed by atoms with Gasteiger partial charge in [0.05, 0.1) is 22.1 Å². The molecular formula is C23H17F3N3O5S-. The molecule has 8 nitrogen and oxygen atoms in total. The molecule has 0 saturated heterocycles. The monoisotopic (exact) mass is 504 g/mol. The fourth-order valence-electron chi connectivity index (χ4n) is 3.58. The number of hydrogen-bond donors (Lipinski definition) is 0. The van der Waals surface area contributed by atoms with Gasteiger partial charge in [-0.05, 0) is 61.3 Å². The van der Waals surface area contributed by atoms with Crippen LogP contribution in [0.4, 0.5) is 13.2 Å². The quantitative estimate of drug-likeness (QED) is 0.414. The number of hydrogen-bond acceptors (Lipinski definition) is 7. The number of carbonyl (C=O) groups is 1. The first-order chi connectivity index (χ1) is 16.4. The molecule has 0 amide bonds. The number of fused-ring (bicyclic) bond motifs is 1. The molecule has 0 radical (unpaired) electrons. The van der Waals surface area contributed by atoms with Crippen molar-refractivity contribution >= 4 is 27.6 Å². The Morgan fingerprint density at radius 1 is 1.14 bits per heavy atom. The van der Waals surface area contributed by atoms with Gasteiger partial charge in [0, 0.05) is 24.1 Å². The molecule has 0 aliphatic heterocycles. The zero-order valence-corrected chi connectivity index (χ0v) is 19.4. The molecule has 0 aliphatic rings. The van der Waals surface area contributed by atoms with E-state index < -0.39 is 35.2 Å². The summed E-state index contributed by atoms with van der Waals surface area (Å²) in [6, 6.07) is 9.88. The van der Waals surface area contributed by atoms with Crippen molar-refractivity contribution in [2.24, 2.45) is 7.05 Å². The van der Waals surface area contributed by atoms with E-state index in [1.165, 1.54) is 19.1 Å². The summed E-state index contributed by atoms with van der Waals surface area (Å²) in [5.74, 6) is -1.10. The van der Waals surface area contributed by atoms with E-state index in [1.54, 1.807) is 24.3 Å².